The van der Waals surface area contributed by atoms with E-state index < -0.39 is 5.41 Å². The van der Waals surface area contributed by atoms with Crippen LogP contribution < -0.4 is 0 Å². The van der Waals surface area contributed by atoms with Gasteiger partial charge in [0.25, 0.3) is 0 Å². The van der Waals surface area contributed by atoms with Crippen molar-refractivity contribution in [2.24, 2.45) is 5.41 Å². The lowest BCUT2D eigenvalue weighted by Gasteiger charge is -2.24. The molecule has 0 aliphatic carbocycles. The maximum atomic E-state index is 11.5. The van der Waals surface area contributed by atoms with Crippen LogP contribution in [0.2, 0.25) is 0 Å². The molecule has 0 aromatic heterocycles. The molecule has 0 fully saturated rings. The molecule has 84 valence electrons. The minimum atomic E-state index is -0.853. The maximum absolute atomic E-state index is 11.5. The average molecular weight is 210 g/mol. The summed E-state index contributed by atoms with van der Waals surface area (Å²) < 4.78 is 4.82. The quantitative estimate of drug-likeness (QED) is 0.478. The number of Topliss-reactive ketones (excluding diaryl/α,β-unsaturated/α-hetero) is 1. The second-order valence-corrected chi connectivity index (χ2v) is 3.39. The SMILES string of the molecule is C=CCC(C=C)(CC(=O)OCC)C(C)=O. The van der Waals surface area contributed by atoms with Crippen LogP contribution in [-0.4, -0.2) is 18.4 Å². The number of carbonyl (C=O) groups is 2. The monoisotopic (exact) mass is 210 g/mol. The highest BCUT2D eigenvalue weighted by molar-refractivity contribution is 5.89. The van der Waals surface area contributed by atoms with E-state index in [2.05, 4.69) is 13.2 Å². The summed E-state index contributed by atoms with van der Waals surface area (Å²) in [5.41, 5.74) is -0.853. The molecule has 0 radical (unpaired) electrons. The molecular weight excluding hydrogens is 192 g/mol. The Morgan fingerprint density at radius 2 is 2.00 bits per heavy atom. The van der Waals surface area contributed by atoms with Crippen LogP contribution in [0.1, 0.15) is 26.7 Å². The number of ketones is 1. The summed E-state index contributed by atoms with van der Waals surface area (Å²) in [6.45, 7) is 10.7. The van der Waals surface area contributed by atoms with Crippen molar-refractivity contribution in [3.05, 3.63) is 25.3 Å². The van der Waals surface area contributed by atoms with E-state index in [4.69, 9.17) is 4.74 Å². The summed E-state index contributed by atoms with van der Waals surface area (Å²) in [4.78, 5) is 22.8. The molecule has 0 aliphatic rings. The third-order valence-corrected chi connectivity index (χ3v) is 2.37. The van der Waals surface area contributed by atoms with Crippen LogP contribution in [-0.2, 0) is 14.3 Å². The highest BCUT2D eigenvalue weighted by Crippen LogP contribution is 2.30. The number of rotatable bonds is 7. The molecule has 3 heteroatoms. The lowest BCUT2D eigenvalue weighted by Crippen LogP contribution is -2.30. The molecule has 15 heavy (non-hydrogen) atoms. The first kappa shape index (κ1) is 13.6. The lowest BCUT2D eigenvalue weighted by atomic mass is 9.78. The smallest absolute Gasteiger partial charge is 0.307 e. The van der Waals surface area contributed by atoms with Crippen molar-refractivity contribution >= 4 is 11.8 Å². The zero-order valence-corrected chi connectivity index (χ0v) is 9.41. The largest absolute Gasteiger partial charge is 0.466 e. The van der Waals surface area contributed by atoms with Crippen LogP contribution in [0.3, 0.4) is 0 Å². The van der Waals surface area contributed by atoms with Crippen LogP contribution in [0, 0.1) is 5.41 Å². The Bertz CT molecular complexity index is 268. The third-order valence-electron chi connectivity index (χ3n) is 2.37. The molecule has 0 heterocycles. The number of allylic oxidation sites excluding steroid dienone is 2. The van der Waals surface area contributed by atoms with Crippen molar-refractivity contribution in [2.45, 2.75) is 26.7 Å². The molecule has 0 aromatic rings. The molecule has 0 amide bonds. The van der Waals surface area contributed by atoms with Crippen LogP contribution in [0.15, 0.2) is 25.3 Å². The molecule has 0 rings (SSSR count). The van der Waals surface area contributed by atoms with E-state index in [0.717, 1.165) is 0 Å². The minimum absolute atomic E-state index is 0.0334. The summed E-state index contributed by atoms with van der Waals surface area (Å²) >= 11 is 0. The fraction of sp³-hybridized carbons (Fsp3) is 0.500. The Morgan fingerprint density at radius 3 is 2.33 bits per heavy atom. The number of esters is 1. The van der Waals surface area contributed by atoms with E-state index >= 15 is 0 Å². The van der Waals surface area contributed by atoms with Crippen molar-refractivity contribution in [2.75, 3.05) is 6.61 Å². The topological polar surface area (TPSA) is 43.4 Å². The number of hydrogen-bond acceptors (Lipinski definition) is 3. The first-order chi connectivity index (χ1) is 7.02. The maximum Gasteiger partial charge on any atom is 0.307 e. The zero-order valence-electron chi connectivity index (χ0n) is 9.41. The number of carbonyl (C=O) groups excluding carboxylic acids is 2. The van der Waals surface area contributed by atoms with Gasteiger partial charge in [0, 0.05) is 0 Å². The molecule has 3 nitrogen and oxygen atoms in total. The molecular formula is C12H18O3. The van der Waals surface area contributed by atoms with E-state index in [1.807, 2.05) is 0 Å². The Balaban J connectivity index is 4.76. The standard InChI is InChI=1S/C12H18O3/c1-5-8-12(6-2,10(4)13)9-11(14)15-7-3/h5-6H,1-2,7-9H2,3-4H3. The minimum Gasteiger partial charge on any atom is -0.466 e. The fourth-order valence-electron chi connectivity index (χ4n) is 1.37. The van der Waals surface area contributed by atoms with Gasteiger partial charge in [0.05, 0.1) is 18.4 Å². The van der Waals surface area contributed by atoms with Gasteiger partial charge in [-0.1, -0.05) is 12.2 Å². The molecule has 0 bridgehead atoms. The van der Waals surface area contributed by atoms with Gasteiger partial charge in [0.1, 0.15) is 5.78 Å². The van der Waals surface area contributed by atoms with Crippen LogP contribution in [0.5, 0.6) is 0 Å². The lowest BCUT2D eigenvalue weighted by molar-refractivity contribution is -0.147. The Kier molecular flexibility index (Phi) is 5.60. The van der Waals surface area contributed by atoms with E-state index in [9.17, 15) is 9.59 Å². The predicted molar refractivity (Wildman–Crippen MR) is 59.4 cm³/mol. The second-order valence-electron chi connectivity index (χ2n) is 3.39. The molecule has 0 saturated carbocycles. The van der Waals surface area contributed by atoms with Gasteiger partial charge in [-0.15, -0.1) is 13.2 Å². The Hall–Kier alpha value is -1.38. The van der Waals surface area contributed by atoms with Gasteiger partial charge in [-0.2, -0.15) is 0 Å². The van der Waals surface area contributed by atoms with Gasteiger partial charge in [-0.3, -0.25) is 9.59 Å². The molecule has 0 aromatic carbocycles. The first-order valence-corrected chi connectivity index (χ1v) is 4.93. The van der Waals surface area contributed by atoms with Gasteiger partial charge in [-0.05, 0) is 20.3 Å². The fourth-order valence-corrected chi connectivity index (χ4v) is 1.37. The van der Waals surface area contributed by atoms with Gasteiger partial charge < -0.3 is 4.74 Å². The normalized spacial score (nSPS) is 13.7. The van der Waals surface area contributed by atoms with Crippen molar-refractivity contribution in [1.82, 2.24) is 0 Å². The van der Waals surface area contributed by atoms with Gasteiger partial charge in [-0.25, -0.2) is 0 Å². The van der Waals surface area contributed by atoms with Crippen molar-refractivity contribution in [1.29, 1.82) is 0 Å². The highest BCUT2D eigenvalue weighted by atomic mass is 16.5. The molecule has 0 aliphatic heterocycles. The predicted octanol–water partition coefficient (Wildman–Crippen LogP) is 2.28. The van der Waals surface area contributed by atoms with E-state index in [-0.39, 0.29) is 18.2 Å². The third kappa shape index (κ3) is 3.70. The highest BCUT2D eigenvalue weighted by Gasteiger charge is 2.33. The van der Waals surface area contributed by atoms with Crippen molar-refractivity contribution < 1.29 is 14.3 Å². The second kappa shape index (κ2) is 6.17. The molecule has 0 spiro atoms. The Morgan fingerprint density at radius 1 is 1.40 bits per heavy atom. The van der Waals surface area contributed by atoms with Crippen LogP contribution >= 0.6 is 0 Å². The molecule has 1 unspecified atom stereocenters. The van der Waals surface area contributed by atoms with E-state index in [0.29, 0.717) is 13.0 Å². The number of hydrogen-bond donors (Lipinski definition) is 0. The van der Waals surface area contributed by atoms with Crippen LogP contribution in [0.4, 0.5) is 0 Å². The van der Waals surface area contributed by atoms with E-state index in [1.165, 1.54) is 13.0 Å². The first-order valence-electron chi connectivity index (χ1n) is 4.93. The Labute approximate surface area is 90.8 Å². The summed E-state index contributed by atoms with van der Waals surface area (Å²) in [5, 5.41) is 0. The zero-order chi connectivity index (χ0) is 11.9. The molecule has 1 atom stereocenters. The molecule has 0 saturated heterocycles. The summed E-state index contributed by atoms with van der Waals surface area (Å²) in [5.74, 6) is -0.472. The van der Waals surface area contributed by atoms with Crippen molar-refractivity contribution in [3.63, 3.8) is 0 Å². The summed E-state index contributed by atoms with van der Waals surface area (Å²) in [6, 6.07) is 0. The summed E-state index contributed by atoms with van der Waals surface area (Å²) in [7, 11) is 0. The molecule has 0 N–H and O–H groups in total. The van der Waals surface area contributed by atoms with Gasteiger partial charge >= 0.3 is 5.97 Å². The van der Waals surface area contributed by atoms with Crippen molar-refractivity contribution in [3.8, 4) is 0 Å². The number of ether oxygens (including phenoxy) is 1. The van der Waals surface area contributed by atoms with Crippen LogP contribution in [0.25, 0.3) is 0 Å². The van der Waals surface area contributed by atoms with Gasteiger partial charge in [0.15, 0.2) is 0 Å². The average Bonchev–Trinajstić information content (AvgIpc) is 2.17. The summed E-state index contributed by atoms with van der Waals surface area (Å²) in [6.07, 6.45) is 3.56. The van der Waals surface area contributed by atoms with E-state index in [1.54, 1.807) is 13.0 Å². The van der Waals surface area contributed by atoms with Gasteiger partial charge in [0.2, 0.25) is 0 Å².